The lowest BCUT2D eigenvalue weighted by molar-refractivity contribution is -0.152. The molecule has 3 aromatic rings. The van der Waals surface area contributed by atoms with Gasteiger partial charge in [-0.3, -0.25) is 4.79 Å². The zero-order chi connectivity index (χ0) is 18.5. The van der Waals surface area contributed by atoms with Crippen molar-refractivity contribution < 1.29 is 14.3 Å². The molecule has 26 heavy (non-hydrogen) atoms. The summed E-state index contributed by atoms with van der Waals surface area (Å²) in [5, 5.41) is 5.10. The van der Waals surface area contributed by atoms with E-state index in [1.165, 1.54) is 21.9 Å². The van der Waals surface area contributed by atoms with Gasteiger partial charge < -0.3 is 9.47 Å². The van der Waals surface area contributed by atoms with Gasteiger partial charge in [-0.15, -0.1) is 0 Å². The molecule has 1 aromatic carbocycles. The van der Waals surface area contributed by atoms with Crippen LogP contribution in [-0.4, -0.2) is 26.7 Å². The first-order valence-corrected chi connectivity index (χ1v) is 9.15. The highest BCUT2D eigenvalue weighted by molar-refractivity contribution is 7.16. The smallest absolute Gasteiger partial charge is 0.347 e. The van der Waals surface area contributed by atoms with Crippen LogP contribution in [0.25, 0.3) is 4.96 Å². The molecular weight excluding hydrogens is 354 g/mol. The standard InChI is InChI=1S/C18H19N3O4S/c1-3-7-15-20-21-16(22)10-13(19-18(21)26-15)11-24-17(23)12(2)25-14-8-5-4-6-9-14/h4-6,8-10,12H,3,7,11H2,1-2H3/t12-/m0/s1. The summed E-state index contributed by atoms with van der Waals surface area (Å²) in [4.78, 5) is 29.1. The van der Waals surface area contributed by atoms with Gasteiger partial charge in [-0.1, -0.05) is 36.5 Å². The SMILES string of the molecule is CCCc1nn2c(=O)cc(COC(=O)[C@H](C)Oc3ccccc3)nc2s1. The van der Waals surface area contributed by atoms with Crippen molar-refractivity contribution in [1.29, 1.82) is 0 Å². The van der Waals surface area contributed by atoms with Gasteiger partial charge in [0.15, 0.2) is 6.10 Å². The van der Waals surface area contributed by atoms with Gasteiger partial charge >= 0.3 is 5.97 Å². The summed E-state index contributed by atoms with van der Waals surface area (Å²) in [6.45, 7) is 3.57. The molecule has 0 fully saturated rings. The number of aromatic nitrogens is 3. The number of rotatable bonds is 7. The molecule has 0 saturated heterocycles. The summed E-state index contributed by atoms with van der Waals surface area (Å²) in [5.74, 6) is 0.0645. The number of nitrogens with zero attached hydrogens (tertiary/aromatic N) is 3. The maximum absolute atomic E-state index is 12.1. The molecule has 0 amide bonds. The van der Waals surface area contributed by atoms with Gasteiger partial charge in [-0.25, -0.2) is 9.78 Å². The maximum Gasteiger partial charge on any atom is 0.347 e. The first-order chi connectivity index (χ1) is 12.6. The molecule has 0 aliphatic rings. The number of ether oxygens (including phenoxy) is 2. The topological polar surface area (TPSA) is 82.8 Å². The molecule has 1 atom stereocenters. The second-order valence-electron chi connectivity index (χ2n) is 5.71. The van der Waals surface area contributed by atoms with Gasteiger partial charge in [0, 0.05) is 12.5 Å². The molecule has 8 heteroatoms. The lowest BCUT2D eigenvalue weighted by Crippen LogP contribution is -2.26. The monoisotopic (exact) mass is 373 g/mol. The van der Waals surface area contributed by atoms with E-state index >= 15 is 0 Å². The predicted molar refractivity (Wildman–Crippen MR) is 97.5 cm³/mol. The maximum atomic E-state index is 12.1. The fraction of sp³-hybridized carbons (Fsp3) is 0.333. The van der Waals surface area contributed by atoms with Gasteiger partial charge in [-0.05, 0) is 25.5 Å². The van der Waals surface area contributed by atoms with Gasteiger partial charge in [-0.2, -0.15) is 9.61 Å². The summed E-state index contributed by atoms with van der Waals surface area (Å²) in [5.41, 5.74) is 0.107. The average Bonchev–Trinajstić information content (AvgIpc) is 3.04. The van der Waals surface area contributed by atoms with E-state index in [0.717, 1.165) is 17.8 Å². The van der Waals surface area contributed by atoms with Crippen molar-refractivity contribution in [2.75, 3.05) is 0 Å². The fourth-order valence-corrected chi connectivity index (χ4v) is 3.32. The predicted octanol–water partition coefficient (Wildman–Crippen LogP) is 2.61. The van der Waals surface area contributed by atoms with Crippen LogP contribution < -0.4 is 10.3 Å². The Morgan fingerprint density at radius 3 is 2.81 bits per heavy atom. The van der Waals surface area contributed by atoms with E-state index < -0.39 is 12.1 Å². The van der Waals surface area contributed by atoms with Crippen molar-refractivity contribution >= 4 is 22.3 Å². The van der Waals surface area contributed by atoms with Gasteiger partial charge in [0.25, 0.3) is 5.56 Å². The molecule has 0 bridgehead atoms. The van der Waals surface area contributed by atoms with Crippen molar-refractivity contribution in [3.05, 3.63) is 57.5 Å². The zero-order valence-corrected chi connectivity index (χ0v) is 15.4. The van der Waals surface area contributed by atoms with Gasteiger partial charge in [0.2, 0.25) is 4.96 Å². The second-order valence-corrected chi connectivity index (χ2v) is 6.75. The summed E-state index contributed by atoms with van der Waals surface area (Å²) < 4.78 is 12.0. The molecule has 3 rings (SSSR count). The van der Waals surface area contributed by atoms with Crippen molar-refractivity contribution in [2.24, 2.45) is 0 Å². The zero-order valence-electron chi connectivity index (χ0n) is 14.5. The number of carbonyl (C=O) groups excluding carboxylic acids is 1. The molecular formula is C18H19N3O4S. The van der Waals surface area contributed by atoms with Crippen LogP contribution in [0, 0.1) is 0 Å². The van der Waals surface area contributed by atoms with E-state index in [2.05, 4.69) is 10.1 Å². The quantitative estimate of drug-likeness (QED) is 0.592. The minimum Gasteiger partial charge on any atom is -0.479 e. The number of fused-ring (bicyclic) bond motifs is 1. The Labute approximate surface area is 154 Å². The van der Waals surface area contributed by atoms with Crippen LogP contribution in [0.2, 0.25) is 0 Å². The lowest BCUT2D eigenvalue weighted by Gasteiger charge is -2.13. The van der Waals surface area contributed by atoms with E-state index in [1.807, 2.05) is 25.1 Å². The van der Waals surface area contributed by atoms with Crippen molar-refractivity contribution in [3.63, 3.8) is 0 Å². The molecule has 7 nitrogen and oxygen atoms in total. The first-order valence-electron chi connectivity index (χ1n) is 8.34. The Bertz CT molecular complexity index is 952. The molecule has 0 radical (unpaired) electrons. The Balaban J connectivity index is 1.65. The molecule has 136 valence electrons. The Morgan fingerprint density at radius 2 is 2.08 bits per heavy atom. The molecule has 0 saturated carbocycles. The van der Waals surface area contributed by atoms with Crippen LogP contribution in [0.1, 0.15) is 31.0 Å². The van der Waals surface area contributed by atoms with Crippen LogP contribution in [0.15, 0.2) is 41.2 Å². The van der Waals surface area contributed by atoms with E-state index in [9.17, 15) is 9.59 Å². The molecule has 2 aromatic heterocycles. The Hall–Kier alpha value is -2.74. The average molecular weight is 373 g/mol. The van der Waals surface area contributed by atoms with Crippen LogP contribution in [0.3, 0.4) is 0 Å². The number of hydrogen-bond donors (Lipinski definition) is 0. The number of carbonyl (C=O) groups is 1. The molecule has 0 N–H and O–H groups in total. The fourth-order valence-electron chi connectivity index (χ4n) is 2.30. The summed E-state index contributed by atoms with van der Waals surface area (Å²) >= 11 is 1.37. The summed E-state index contributed by atoms with van der Waals surface area (Å²) in [6, 6.07) is 10.4. The minimum absolute atomic E-state index is 0.0892. The van der Waals surface area contributed by atoms with Crippen LogP contribution in [0.5, 0.6) is 5.75 Å². The third-order valence-corrected chi connectivity index (χ3v) is 4.52. The van der Waals surface area contributed by atoms with Crippen molar-refractivity contribution in [1.82, 2.24) is 14.6 Å². The molecule has 0 spiro atoms. The Kier molecular flexibility index (Phi) is 5.62. The second kappa shape index (κ2) is 8.09. The molecule has 0 unspecified atom stereocenters. The van der Waals surface area contributed by atoms with Gasteiger partial charge in [0.05, 0.1) is 5.69 Å². The lowest BCUT2D eigenvalue weighted by atomic mass is 10.3. The number of esters is 1. The van der Waals surface area contributed by atoms with Crippen LogP contribution in [-0.2, 0) is 22.6 Å². The Morgan fingerprint density at radius 1 is 1.31 bits per heavy atom. The van der Waals surface area contributed by atoms with E-state index in [0.29, 0.717) is 16.4 Å². The third-order valence-electron chi connectivity index (χ3n) is 3.55. The number of benzene rings is 1. The first kappa shape index (κ1) is 18.1. The third kappa shape index (κ3) is 4.26. The van der Waals surface area contributed by atoms with E-state index in [1.54, 1.807) is 19.1 Å². The molecule has 0 aliphatic carbocycles. The van der Waals surface area contributed by atoms with Crippen molar-refractivity contribution in [3.8, 4) is 5.75 Å². The minimum atomic E-state index is -0.762. The number of aryl methyl sites for hydroxylation is 1. The van der Waals surface area contributed by atoms with E-state index in [4.69, 9.17) is 9.47 Å². The van der Waals surface area contributed by atoms with E-state index in [-0.39, 0.29) is 12.2 Å². The van der Waals surface area contributed by atoms with Crippen LogP contribution in [0.4, 0.5) is 0 Å². The van der Waals surface area contributed by atoms with Crippen LogP contribution >= 0.6 is 11.3 Å². The number of hydrogen-bond acceptors (Lipinski definition) is 7. The highest BCUT2D eigenvalue weighted by Gasteiger charge is 2.17. The number of para-hydroxylation sites is 1. The highest BCUT2D eigenvalue weighted by Crippen LogP contribution is 2.14. The molecule has 2 heterocycles. The summed E-state index contributed by atoms with van der Waals surface area (Å²) in [6.07, 6.45) is 0.978. The van der Waals surface area contributed by atoms with Crippen molar-refractivity contribution in [2.45, 2.75) is 39.4 Å². The highest BCUT2D eigenvalue weighted by atomic mass is 32.1. The van der Waals surface area contributed by atoms with Gasteiger partial charge in [0.1, 0.15) is 17.4 Å². The normalized spacial score (nSPS) is 12.1. The largest absolute Gasteiger partial charge is 0.479 e. The summed E-state index contributed by atoms with van der Waals surface area (Å²) in [7, 11) is 0. The molecule has 0 aliphatic heterocycles.